The first kappa shape index (κ1) is 52.0. The highest BCUT2D eigenvalue weighted by Crippen LogP contribution is 2.76. The predicted molar refractivity (Wildman–Crippen MR) is 234 cm³/mol. The number of allylic oxidation sites excluding steroid dienone is 2. The first-order valence-corrected chi connectivity index (χ1v) is 24.6. The summed E-state index contributed by atoms with van der Waals surface area (Å²) in [5.41, 5.74) is -0.937. The van der Waals surface area contributed by atoms with Gasteiger partial charge < -0.3 is 79.1 Å². The lowest BCUT2D eigenvalue weighted by atomic mass is 9.33. The normalized spacial score (nSPS) is 50.8. The molecule has 19 nitrogen and oxygen atoms in total. The van der Waals surface area contributed by atoms with Gasteiger partial charge in [-0.2, -0.15) is 0 Å². The zero-order chi connectivity index (χ0) is 49.8. The van der Waals surface area contributed by atoms with E-state index >= 15 is 0 Å². The van der Waals surface area contributed by atoms with E-state index in [1.54, 1.807) is 0 Å². The molecule has 386 valence electrons. The quantitative estimate of drug-likeness (QED) is 0.0897. The number of hydrogen-bond acceptors (Lipinski definition) is 18. The van der Waals surface area contributed by atoms with E-state index in [4.69, 9.17) is 33.2 Å². The maximum atomic E-state index is 14.7. The molecule has 0 aromatic heterocycles. The predicted octanol–water partition coefficient (Wildman–Crippen LogP) is 1.44. The minimum atomic E-state index is -1.87. The van der Waals surface area contributed by atoms with Gasteiger partial charge in [-0.1, -0.05) is 60.1 Å². The SMILES string of the molecule is CC(=O)O[C@@H]1[C@@H](O)[C@H](O[C@H]2CC[C@]3(C)[C@H]4CC=C5[C@@H]6CC(C)(C)CC[C@]6(C(=O)O[C@@H]6O[C@H](CO)[C@@H](O)[C@H](O)[C@H]6O)CC[C@@]5(C)[C@]4(C)CC[C@H]3C2(C)C)O[C@H](C(=O)O)[C@H]1O[C@@H]1OC[C@@H](O)[C@H](O)[C@H]1O. The van der Waals surface area contributed by atoms with E-state index in [9.17, 15) is 60.3 Å². The van der Waals surface area contributed by atoms with Gasteiger partial charge in [0.2, 0.25) is 6.29 Å². The van der Waals surface area contributed by atoms with Crippen molar-refractivity contribution in [2.45, 2.75) is 212 Å². The van der Waals surface area contributed by atoms with Crippen molar-refractivity contribution in [2.75, 3.05) is 13.2 Å². The van der Waals surface area contributed by atoms with Crippen LogP contribution in [0.5, 0.6) is 0 Å². The van der Waals surface area contributed by atoms with E-state index in [1.165, 1.54) is 5.57 Å². The van der Waals surface area contributed by atoms with E-state index in [-0.39, 0.29) is 39.4 Å². The minimum Gasteiger partial charge on any atom is -0.479 e. The van der Waals surface area contributed by atoms with Crippen LogP contribution in [0.4, 0.5) is 0 Å². The number of aliphatic hydroxyl groups excluding tert-OH is 8. The molecule has 9 N–H and O–H groups in total. The molecule has 5 aliphatic carbocycles. The number of fused-ring (bicyclic) bond motifs is 7. The Morgan fingerprint density at radius 3 is 2.04 bits per heavy atom. The Hall–Kier alpha value is -2.37. The van der Waals surface area contributed by atoms with E-state index in [0.29, 0.717) is 25.7 Å². The fraction of sp³-hybridized carbons (Fsp3) is 0.898. The number of carboxylic acid groups (broad SMARTS) is 1. The molecule has 3 heterocycles. The summed E-state index contributed by atoms with van der Waals surface area (Å²) < 4.78 is 40.9. The monoisotopic (exact) mass is 968 g/mol. The molecular weight excluding hydrogens is 893 g/mol. The number of hydrogen-bond donors (Lipinski definition) is 9. The van der Waals surface area contributed by atoms with E-state index in [2.05, 4.69) is 54.5 Å². The average Bonchev–Trinajstić information content (AvgIpc) is 3.26. The van der Waals surface area contributed by atoms with Gasteiger partial charge in [0.1, 0.15) is 54.9 Å². The second kappa shape index (κ2) is 18.3. The lowest BCUT2D eigenvalue weighted by Crippen LogP contribution is -2.67. The van der Waals surface area contributed by atoms with Gasteiger partial charge in [-0.15, -0.1) is 0 Å². The Bertz CT molecular complexity index is 1940. The number of aliphatic carboxylic acids is 1. The molecule has 0 aromatic carbocycles. The third kappa shape index (κ3) is 8.28. The highest BCUT2D eigenvalue weighted by molar-refractivity contribution is 5.79. The maximum Gasteiger partial charge on any atom is 0.335 e. The van der Waals surface area contributed by atoms with Crippen molar-refractivity contribution in [3.05, 3.63) is 11.6 Å². The number of ether oxygens (including phenoxy) is 7. The van der Waals surface area contributed by atoms with Gasteiger partial charge in [0, 0.05) is 6.92 Å². The maximum absolute atomic E-state index is 14.7. The fourth-order valence-electron chi connectivity index (χ4n) is 15.0. The van der Waals surface area contributed by atoms with Crippen molar-refractivity contribution in [1.29, 1.82) is 0 Å². The molecular formula is C49H76O19. The molecule has 8 rings (SSSR count). The first-order valence-electron chi connectivity index (χ1n) is 24.6. The molecule has 8 aliphatic rings. The average molecular weight is 969 g/mol. The third-order valence-electron chi connectivity index (χ3n) is 19.2. The molecule has 3 aliphatic heterocycles. The summed E-state index contributed by atoms with van der Waals surface area (Å²) in [4.78, 5) is 39.9. The van der Waals surface area contributed by atoms with Crippen LogP contribution in [0, 0.1) is 50.2 Å². The number of carbonyl (C=O) groups is 3. The summed E-state index contributed by atoms with van der Waals surface area (Å²) in [6, 6.07) is 0. The van der Waals surface area contributed by atoms with Crippen LogP contribution < -0.4 is 0 Å². The van der Waals surface area contributed by atoms with Gasteiger partial charge in [0.05, 0.1) is 24.7 Å². The van der Waals surface area contributed by atoms with Gasteiger partial charge >= 0.3 is 17.9 Å². The Morgan fingerprint density at radius 1 is 0.706 bits per heavy atom. The minimum absolute atomic E-state index is 0.0763. The van der Waals surface area contributed by atoms with E-state index in [1.807, 2.05) is 0 Å². The Balaban J connectivity index is 1.03. The summed E-state index contributed by atoms with van der Waals surface area (Å²) >= 11 is 0. The lowest BCUT2D eigenvalue weighted by molar-refractivity contribution is -0.355. The van der Waals surface area contributed by atoms with Crippen molar-refractivity contribution < 1.29 is 93.5 Å². The van der Waals surface area contributed by atoms with Crippen LogP contribution in [-0.2, 0) is 47.5 Å². The molecule has 4 saturated carbocycles. The highest BCUT2D eigenvalue weighted by Gasteiger charge is 2.70. The van der Waals surface area contributed by atoms with Crippen LogP contribution in [0.25, 0.3) is 0 Å². The number of carbonyl (C=O) groups excluding carboxylic acids is 2. The molecule has 0 unspecified atom stereocenters. The lowest BCUT2D eigenvalue weighted by Gasteiger charge is -2.71. The number of rotatable bonds is 9. The summed E-state index contributed by atoms with van der Waals surface area (Å²) in [5, 5.41) is 94.5. The van der Waals surface area contributed by atoms with Crippen molar-refractivity contribution >= 4 is 17.9 Å². The molecule has 3 saturated heterocycles. The number of carboxylic acids is 1. The van der Waals surface area contributed by atoms with Crippen LogP contribution in [0.1, 0.15) is 120 Å². The van der Waals surface area contributed by atoms with Gasteiger partial charge in [-0.25, -0.2) is 4.79 Å². The standard InChI is InChI=1S/C49H76O19/c1-22(51)63-36-35(58)42(67-38(39(59)60)37(36)66-40-33(56)30(53)25(52)21-62-40)65-29-12-13-46(6)27(45(29,4)5)11-14-48(8)28(46)10-9-23-24-19-44(2,3)15-17-49(24,18-16-47(23,48)7)43(61)68-41-34(57)32(55)31(54)26(20-50)64-41/h9,24-38,40-42,50,52-58H,10-21H2,1-8H3,(H,59,60)/t24-,25+,26+,27-,28+,29-,30-,31+,32-,33+,34+,35+,36+,37-,38-,40-,41-,42+,46-,47+,48+,49-/m0/s1. The van der Waals surface area contributed by atoms with Crippen molar-refractivity contribution in [2.24, 2.45) is 50.2 Å². The van der Waals surface area contributed by atoms with E-state index in [0.717, 1.165) is 45.4 Å². The second-order valence-electron chi connectivity index (χ2n) is 23.6. The van der Waals surface area contributed by atoms with Crippen LogP contribution in [0.2, 0.25) is 0 Å². The van der Waals surface area contributed by atoms with Gasteiger partial charge in [0.15, 0.2) is 24.8 Å². The number of aliphatic hydroxyl groups is 8. The molecule has 0 amide bonds. The van der Waals surface area contributed by atoms with Crippen molar-refractivity contribution in [3.63, 3.8) is 0 Å². The number of esters is 2. The van der Waals surface area contributed by atoms with Gasteiger partial charge in [-0.3, -0.25) is 9.59 Å². The molecule has 0 spiro atoms. The van der Waals surface area contributed by atoms with Crippen molar-refractivity contribution in [3.8, 4) is 0 Å². The highest BCUT2D eigenvalue weighted by atomic mass is 16.8. The molecule has 0 bridgehead atoms. The topological polar surface area (TPSA) is 298 Å². The van der Waals surface area contributed by atoms with E-state index < -0.39 is 134 Å². The van der Waals surface area contributed by atoms with Crippen LogP contribution >= 0.6 is 0 Å². The Morgan fingerprint density at radius 2 is 1.38 bits per heavy atom. The molecule has 19 heteroatoms. The molecule has 22 atom stereocenters. The molecule has 0 aromatic rings. The van der Waals surface area contributed by atoms with Crippen molar-refractivity contribution in [1.82, 2.24) is 0 Å². The third-order valence-corrected chi connectivity index (χ3v) is 19.2. The van der Waals surface area contributed by atoms with Crippen LogP contribution in [0.3, 0.4) is 0 Å². The Labute approximate surface area is 397 Å². The largest absolute Gasteiger partial charge is 0.479 e. The molecule has 68 heavy (non-hydrogen) atoms. The first-order chi connectivity index (χ1) is 31.7. The zero-order valence-electron chi connectivity index (χ0n) is 40.6. The fourth-order valence-corrected chi connectivity index (χ4v) is 15.0. The Kier molecular flexibility index (Phi) is 14.0. The summed E-state index contributed by atoms with van der Waals surface area (Å²) in [6.45, 7) is 15.9. The van der Waals surface area contributed by atoms with Crippen LogP contribution in [-0.4, -0.2) is 169 Å². The molecule has 7 fully saturated rings. The van der Waals surface area contributed by atoms with Gasteiger partial charge in [0.25, 0.3) is 0 Å². The summed E-state index contributed by atoms with van der Waals surface area (Å²) in [7, 11) is 0. The summed E-state index contributed by atoms with van der Waals surface area (Å²) in [6.07, 6.45) is -13.9. The van der Waals surface area contributed by atoms with Gasteiger partial charge in [-0.05, 0) is 109 Å². The van der Waals surface area contributed by atoms with Crippen LogP contribution in [0.15, 0.2) is 11.6 Å². The summed E-state index contributed by atoms with van der Waals surface area (Å²) in [5.74, 6) is -2.71. The zero-order valence-corrected chi connectivity index (χ0v) is 40.6. The molecule has 0 radical (unpaired) electrons. The second-order valence-corrected chi connectivity index (χ2v) is 23.6. The smallest absolute Gasteiger partial charge is 0.335 e.